The predicted octanol–water partition coefficient (Wildman–Crippen LogP) is 0.778. The quantitative estimate of drug-likeness (QED) is 0.632. The van der Waals surface area contributed by atoms with E-state index in [-0.39, 0.29) is 6.54 Å². The van der Waals surface area contributed by atoms with Crippen molar-refractivity contribution in [1.29, 1.82) is 0 Å². The summed E-state index contributed by atoms with van der Waals surface area (Å²) >= 11 is 0. The van der Waals surface area contributed by atoms with Crippen molar-refractivity contribution in [3.63, 3.8) is 0 Å². The van der Waals surface area contributed by atoms with Crippen molar-refractivity contribution in [3.05, 3.63) is 29.8 Å². The van der Waals surface area contributed by atoms with Crippen LogP contribution in [0, 0.1) is 0 Å². The lowest BCUT2D eigenvalue weighted by Gasteiger charge is -2.11. The van der Waals surface area contributed by atoms with E-state index in [1.807, 2.05) is 12.1 Å². The van der Waals surface area contributed by atoms with Gasteiger partial charge in [-0.15, -0.1) is 0 Å². The van der Waals surface area contributed by atoms with Crippen LogP contribution >= 0.6 is 0 Å². The molecule has 1 aromatic carbocycles. The van der Waals surface area contributed by atoms with Gasteiger partial charge >= 0.3 is 6.03 Å². The molecule has 0 heterocycles. The Morgan fingerprint density at radius 3 is 2.32 bits per heavy atom. The summed E-state index contributed by atoms with van der Waals surface area (Å²) in [4.78, 5) is 22.0. The number of carbonyl (C=O) groups is 2. The van der Waals surface area contributed by atoms with Gasteiger partial charge in [0.2, 0.25) is 5.91 Å². The number of hydrogen-bond acceptors (Lipinski definition) is 3. The first-order valence-electron chi connectivity index (χ1n) is 6.02. The minimum atomic E-state index is -1.38. The van der Waals surface area contributed by atoms with Crippen LogP contribution in [0.2, 0.25) is 0 Å². The average Bonchev–Trinajstić information content (AvgIpc) is 2.36. The second kappa shape index (κ2) is 6.75. The third-order valence-electron chi connectivity index (χ3n) is 2.62. The maximum absolute atomic E-state index is 11.5. The van der Waals surface area contributed by atoms with E-state index in [1.165, 1.54) is 5.56 Å². The number of nitrogens with two attached hydrogens (primary N) is 1. The lowest BCUT2D eigenvalue weighted by atomic mass is 10.0. The van der Waals surface area contributed by atoms with Crippen LogP contribution in [0.5, 0.6) is 0 Å². The van der Waals surface area contributed by atoms with Gasteiger partial charge in [-0.25, -0.2) is 4.79 Å². The van der Waals surface area contributed by atoms with Gasteiger partial charge in [-0.1, -0.05) is 26.0 Å². The lowest BCUT2D eigenvalue weighted by Crippen LogP contribution is -2.41. The van der Waals surface area contributed by atoms with Crippen LogP contribution in [0.25, 0.3) is 0 Å². The number of amides is 3. The summed E-state index contributed by atoms with van der Waals surface area (Å²) in [5.41, 5.74) is 6.67. The molecule has 1 rings (SSSR count). The van der Waals surface area contributed by atoms with Crippen LogP contribution < -0.4 is 16.4 Å². The number of benzene rings is 1. The molecule has 6 nitrogen and oxygen atoms in total. The predicted molar refractivity (Wildman–Crippen MR) is 72.8 cm³/mol. The van der Waals surface area contributed by atoms with E-state index < -0.39 is 18.0 Å². The van der Waals surface area contributed by atoms with Gasteiger partial charge < -0.3 is 21.5 Å². The van der Waals surface area contributed by atoms with E-state index in [4.69, 9.17) is 10.8 Å². The Balaban J connectivity index is 2.46. The van der Waals surface area contributed by atoms with Gasteiger partial charge in [-0.3, -0.25) is 4.79 Å². The van der Waals surface area contributed by atoms with E-state index >= 15 is 0 Å². The highest BCUT2D eigenvalue weighted by atomic mass is 16.3. The van der Waals surface area contributed by atoms with Crippen molar-refractivity contribution in [3.8, 4) is 0 Å². The van der Waals surface area contributed by atoms with Crippen LogP contribution in [0.1, 0.15) is 25.3 Å². The van der Waals surface area contributed by atoms with Gasteiger partial charge in [0, 0.05) is 5.69 Å². The molecule has 1 atom stereocenters. The molecule has 104 valence electrons. The smallest absolute Gasteiger partial charge is 0.319 e. The van der Waals surface area contributed by atoms with Crippen molar-refractivity contribution in [2.75, 3.05) is 11.9 Å². The zero-order chi connectivity index (χ0) is 14.4. The summed E-state index contributed by atoms with van der Waals surface area (Å²) in [6, 6.07) is 6.94. The number of rotatable bonds is 5. The van der Waals surface area contributed by atoms with E-state index in [0.29, 0.717) is 11.6 Å². The van der Waals surface area contributed by atoms with Gasteiger partial charge in [0.25, 0.3) is 0 Å². The number of urea groups is 1. The fraction of sp³-hybridized carbons (Fsp3) is 0.385. The molecule has 0 aromatic heterocycles. The number of carbonyl (C=O) groups excluding carboxylic acids is 2. The number of primary amides is 1. The zero-order valence-electron chi connectivity index (χ0n) is 11.0. The van der Waals surface area contributed by atoms with Crippen molar-refractivity contribution in [1.82, 2.24) is 5.32 Å². The monoisotopic (exact) mass is 265 g/mol. The minimum Gasteiger partial charge on any atom is -0.381 e. The highest BCUT2D eigenvalue weighted by Crippen LogP contribution is 2.16. The molecule has 0 unspecified atom stereocenters. The van der Waals surface area contributed by atoms with Crippen LogP contribution in [0.15, 0.2) is 24.3 Å². The highest BCUT2D eigenvalue weighted by molar-refractivity contribution is 5.89. The second-order valence-electron chi connectivity index (χ2n) is 4.53. The molecule has 1 aromatic rings. The molecule has 0 saturated carbocycles. The van der Waals surface area contributed by atoms with Crippen molar-refractivity contribution in [2.45, 2.75) is 25.9 Å². The summed E-state index contributed by atoms with van der Waals surface area (Å²) in [5.74, 6) is -0.449. The third kappa shape index (κ3) is 4.97. The normalized spacial score (nSPS) is 12.0. The van der Waals surface area contributed by atoms with Crippen LogP contribution in [-0.4, -0.2) is 29.7 Å². The molecule has 0 aliphatic heterocycles. The standard InChI is InChI=1S/C13H19N3O3/c1-8(2)9-3-5-10(6-4-9)16-13(19)15-7-11(17)12(14)18/h3-6,8,11,17H,7H2,1-2H3,(H2,14,18)(H2,15,16,19)/t11-/m1/s1. The number of aliphatic hydroxyl groups excluding tert-OH is 1. The molecule has 0 radical (unpaired) electrons. The van der Waals surface area contributed by atoms with Gasteiger partial charge in [-0.2, -0.15) is 0 Å². The molecule has 19 heavy (non-hydrogen) atoms. The number of nitrogens with one attached hydrogen (secondary N) is 2. The maximum Gasteiger partial charge on any atom is 0.319 e. The lowest BCUT2D eigenvalue weighted by molar-refractivity contribution is -0.125. The van der Waals surface area contributed by atoms with Crippen molar-refractivity contribution >= 4 is 17.6 Å². The van der Waals surface area contributed by atoms with Gasteiger partial charge in [0.05, 0.1) is 6.54 Å². The Bertz CT molecular complexity index is 443. The summed E-state index contributed by atoms with van der Waals surface area (Å²) in [6.45, 7) is 3.95. The molecular formula is C13H19N3O3. The number of aliphatic hydroxyl groups is 1. The molecule has 0 aliphatic rings. The van der Waals surface area contributed by atoms with Crippen LogP contribution in [0.4, 0.5) is 10.5 Å². The molecule has 5 N–H and O–H groups in total. The molecule has 3 amide bonds. The first-order chi connectivity index (χ1) is 8.90. The first-order valence-corrected chi connectivity index (χ1v) is 6.02. The van der Waals surface area contributed by atoms with Gasteiger partial charge in [0.15, 0.2) is 0 Å². The Morgan fingerprint density at radius 1 is 1.26 bits per heavy atom. The largest absolute Gasteiger partial charge is 0.381 e. The minimum absolute atomic E-state index is 0.217. The van der Waals surface area contributed by atoms with Gasteiger partial charge in [-0.05, 0) is 23.6 Å². The van der Waals surface area contributed by atoms with E-state index in [9.17, 15) is 9.59 Å². The molecule has 6 heteroatoms. The first kappa shape index (κ1) is 15.0. The number of hydrogen-bond donors (Lipinski definition) is 4. The maximum atomic E-state index is 11.5. The Hall–Kier alpha value is -2.08. The van der Waals surface area contributed by atoms with E-state index in [2.05, 4.69) is 24.5 Å². The Labute approximate surface area is 112 Å². The summed E-state index contributed by atoms with van der Waals surface area (Å²) in [5, 5.41) is 14.1. The van der Waals surface area contributed by atoms with Crippen LogP contribution in [-0.2, 0) is 4.79 Å². The molecule has 0 saturated heterocycles. The molecule has 0 spiro atoms. The number of anilines is 1. The van der Waals surface area contributed by atoms with E-state index in [0.717, 1.165) is 0 Å². The fourth-order valence-corrected chi connectivity index (χ4v) is 1.42. The highest BCUT2D eigenvalue weighted by Gasteiger charge is 2.12. The zero-order valence-corrected chi connectivity index (χ0v) is 11.0. The summed E-state index contributed by atoms with van der Waals surface area (Å²) in [6.07, 6.45) is -1.38. The SMILES string of the molecule is CC(C)c1ccc(NC(=O)NC[C@@H](O)C(N)=O)cc1. The van der Waals surface area contributed by atoms with Crippen molar-refractivity contribution < 1.29 is 14.7 Å². The molecule has 0 aliphatic carbocycles. The van der Waals surface area contributed by atoms with Gasteiger partial charge in [0.1, 0.15) is 6.10 Å². The molecular weight excluding hydrogens is 246 g/mol. The Morgan fingerprint density at radius 2 is 1.84 bits per heavy atom. The summed E-state index contributed by atoms with van der Waals surface area (Å²) < 4.78 is 0. The average molecular weight is 265 g/mol. The fourth-order valence-electron chi connectivity index (χ4n) is 1.42. The third-order valence-corrected chi connectivity index (χ3v) is 2.62. The second-order valence-corrected chi connectivity index (χ2v) is 4.53. The topological polar surface area (TPSA) is 104 Å². The summed E-state index contributed by atoms with van der Waals surface area (Å²) in [7, 11) is 0. The van der Waals surface area contributed by atoms with E-state index in [1.54, 1.807) is 12.1 Å². The Kier molecular flexibility index (Phi) is 5.32. The van der Waals surface area contributed by atoms with Crippen LogP contribution in [0.3, 0.4) is 0 Å². The van der Waals surface area contributed by atoms with Crippen molar-refractivity contribution in [2.24, 2.45) is 5.73 Å². The molecule has 0 fully saturated rings. The molecule has 0 bridgehead atoms.